The van der Waals surface area contributed by atoms with Crippen molar-refractivity contribution in [1.29, 1.82) is 0 Å². The molecule has 0 bridgehead atoms. The maximum Gasteiger partial charge on any atom is 0.262 e. The van der Waals surface area contributed by atoms with Gasteiger partial charge in [-0.3, -0.25) is 9.59 Å². The fourth-order valence-electron chi connectivity index (χ4n) is 3.51. The number of thioether (sulfide) groups is 1. The first-order chi connectivity index (χ1) is 16.5. The van der Waals surface area contributed by atoms with E-state index in [4.69, 9.17) is 21.1 Å². The van der Waals surface area contributed by atoms with Crippen molar-refractivity contribution in [3.05, 3.63) is 87.3 Å². The zero-order valence-electron chi connectivity index (χ0n) is 18.7. The summed E-state index contributed by atoms with van der Waals surface area (Å²) in [5.41, 5.74) is 2.96. The number of ether oxygens (including phenoxy) is 2. The van der Waals surface area contributed by atoms with Gasteiger partial charge in [-0.1, -0.05) is 41.6 Å². The molecule has 6 nitrogen and oxygen atoms in total. The molecule has 2 N–H and O–H groups in total. The lowest BCUT2D eigenvalue weighted by atomic mass is 10.1. The fraction of sp³-hybridized carbons (Fsp3) is 0.154. The second kappa shape index (κ2) is 10.7. The number of anilines is 1. The molecule has 0 fully saturated rings. The molecule has 3 aromatic carbocycles. The van der Waals surface area contributed by atoms with Gasteiger partial charge in [0, 0.05) is 22.0 Å². The first-order valence-electron chi connectivity index (χ1n) is 10.6. The number of rotatable bonds is 7. The minimum Gasteiger partial charge on any atom is -0.493 e. The summed E-state index contributed by atoms with van der Waals surface area (Å²) in [6.45, 7) is 0.457. The molecule has 174 valence electrons. The van der Waals surface area contributed by atoms with E-state index in [2.05, 4.69) is 10.6 Å². The van der Waals surface area contributed by atoms with Crippen LogP contribution in [-0.2, 0) is 11.2 Å². The summed E-state index contributed by atoms with van der Waals surface area (Å²) in [4.78, 5) is 26.7. The highest BCUT2D eigenvalue weighted by Gasteiger charge is 2.22. The maximum atomic E-state index is 12.7. The Morgan fingerprint density at radius 2 is 1.88 bits per heavy atom. The molecule has 34 heavy (non-hydrogen) atoms. The van der Waals surface area contributed by atoms with Crippen LogP contribution in [0.2, 0.25) is 5.02 Å². The van der Waals surface area contributed by atoms with Crippen molar-refractivity contribution in [2.24, 2.45) is 0 Å². The number of halogens is 1. The molecule has 8 heteroatoms. The van der Waals surface area contributed by atoms with Crippen LogP contribution in [0.15, 0.2) is 70.5 Å². The number of benzene rings is 3. The van der Waals surface area contributed by atoms with Gasteiger partial charge in [0.2, 0.25) is 0 Å². The van der Waals surface area contributed by atoms with Gasteiger partial charge in [-0.05, 0) is 66.1 Å². The van der Waals surface area contributed by atoms with Gasteiger partial charge in [-0.25, -0.2) is 0 Å². The summed E-state index contributed by atoms with van der Waals surface area (Å²) in [6.07, 6.45) is 2.44. The van der Waals surface area contributed by atoms with Crippen LogP contribution in [0.25, 0.3) is 6.08 Å². The molecule has 1 aliphatic heterocycles. The fourth-order valence-corrected chi connectivity index (χ4v) is 4.64. The van der Waals surface area contributed by atoms with E-state index in [-0.39, 0.29) is 11.8 Å². The summed E-state index contributed by atoms with van der Waals surface area (Å²) >= 11 is 7.40. The number of nitrogens with one attached hydrogen (secondary N) is 2. The molecule has 0 atom stereocenters. The predicted molar refractivity (Wildman–Crippen MR) is 136 cm³/mol. The topological polar surface area (TPSA) is 76.7 Å². The van der Waals surface area contributed by atoms with Crippen molar-refractivity contribution in [3.8, 4) is 11.5 Å². The lowest BCUT2D eigenvalue weighted by Gasteiger charge is -2.19. The Kier molecular flexibility index (Phi) is 7.45. The third-order valence-electron chi connectivity index (χ3n) is 5.23. The zero-order chi connectivity index (χ0) is 24.1. The molecule has 0 saturated carbocycles. The Morgan fingerprint density at radius 3 is 2.65 bits per heavy atom. The van der Waals surface area contributed by atoms with E-state index >= 15 is 0 Å². The van der Waals surface area contributed by atoms with Crippen molar-refractivity contribution in [2.45, 2.75) is 11.3 Å². The maximum absolute atomic E-state index is 12.7. The molecular weight excluding hydrogens is 472 g/mol. The standard InChI is InChI=1S/C26H23ClN2O4S/c1-32-21-8-6-16(13-22(21)33-2)10-11-28-25(30)18-7-9-23-20(15-18)29-26(31)24(34-23)14-17-4-3-5-19(27)12-17/h3-9,12-15H,10-11H2,1-2H3,(H,28,30)(H,29,31)/b24-14+. The zero-order valence-corrected chi connectivity index (χ0v) is 20.3. The normalized spacial score (nSPS) is 13.7. The summed E-state index contributed by atoms with van der Waals surface area (Å²) in [5, 5.41) is 6.41. The van der Waals surface area contributed by atoms with Gasteiger partial charge in [0.25, 0.3) is 11.8 Å². The van der Waals surface area contributed by atoms with E-state index < -0.39 is 0 Å². The molecule has 0 spiro atoms. The Balaban J connectivity index is 1.40. The second-order valence-electron chi connectivity index (χ2n) is 7.53. The SMILES string of the molecule is COc1ccc(CCNC(=O)c2ccc3c(c2)NC(=O)/C(=C\c2cccc(Cl)c2)S3)cc1OC. The molecule has 0 aromatic heterocycles. The molecule has 0 saturated heterocycles. The average Bonchev–Trinajstić information content (AvgIpc) is 2.84. The van der Waals surface area contributed by atoms with Crippen molar-refractivity contribution in [1.82, 2.24) is 5.32 Å². The van der Waals surface area contributed by atoms with Crippen LogP contribution >= 0.6 is 23.4 Å². The van der Waals surface area contributed by atoms with Gasteiger partial charge in [-0.2, -0.15) is 0 Å². The van der Waals surface area contributed by atoms with Crippen LogP contribution in [0.5, 0.6) is 11.5 Å². The van der Waals surface area contributed by atoms with Crippen LogP contribution in [0.3, 0.4) is 0 Å². The van der Waals surface area contributed by atoms with E-state index in [0.29, 0.717) is 45.6 Å². The van der Waals surface area contributed by atoms with Crippen LogP contribution in [0.4, 0.5) is 5.69 Å². The molecule has 2 amide bonds. The number of carbonyl (C=O) groups excluding carboxylic acids is 2. The molecule has 0 unspecified atom stereocenters. The van der Waals surface area contributed by atoms with Gasteiger partial charge >= 0.3 is 0 Å². The molecular formula is C26H23ClN2O4S. The molecule has 0 aliphatic carbocycles. The summed E-state index contributed by atoms with van der Waals surface area (Å²) in [7, 11) is 3.18. The van der Waals surface area contributed by atoms with Gasteiger partial charge in [0.1, 0.15) is 0 Å². The van der Waals surface area contributed by atoms with Gasteiger partial charge in [-0.15, -0.1) is 0 Å². The van der Waals surface area contributed by atoms with Crippen LogP contribution < -0.4 is 20.1 Å². The minimum absolute atomic E-state index is 0.206. The first-order valence-corrected chi connectivity index (χ1v) is 11.8. The lowest BCUT2D eigenvalue weighted by molar-refractivity contribution is -0.112. The number of fused-ring (bicyclic) bond motifs is 1. The van der Waals surface area contributed by atoms with E-state index in [9.17, 15) is 9.59 Å². The number of methoxy groups -OCH3 is 2. The highest BCUT2D eigenvalue weighted by Crippen LogP contribution is 2.39. The monoisotopic (exact) mass is 494 g/mol. The Bertz CT molecular complexity index is 1280. The molecule has 3 aromatic rings. The molecule has 4 rings (SSSR count). The van der Waals surface area contributed by atoms with E-state index in [0.717, 1.165) is 16.0 Å². The van der Waals surface area contributed by atoms with Crippen molar-refractivity contribution in [3.63, 3.8) is 0 Å². The van der Waals surface area contributed by atoms with Crippen molar-refractivity contribution in [2.75, 3.05) is 26.1 Å². The van der Waals surface area contributed by atoms with Crippen molar-refractivity contribution >= 4 is 46.9 Å². The van der Waals surface area contributed by atoms with Gasteiger partial charge in [0.15, 0.2) is 11.5 Å². The quantitative estimate of drug-likeness (QED) is 0.429. The van der Waals surface area contributed by atoms with Crippen LogP contribution in [0.1, 0.15) is 21.5 Å². The summed E-state index contributed by atoms with van der Waals surface area (Å²) in [6, 6.07) is 18.3. The first kappa shape index (κ1) is 23.7. The second-order valence-corrected chi connectivity index (χ2v) is 9.05. The largest absolute Gasteiger partial charge is 0.493 e. The molecule has 1 heterocycles. The third-order valence-corrected chi connectivity index (χ3v) is 6.56. The lowest BCUT2D eigenvalue weighted by Crippen LogP contribution is -2.26. The van der Waals surface area contributed by atoms with E-state index in [1.165, 1.54) is 11.8 Å². The smallest absolute Gasteiger partial charge is 0.262 e. The molecule has 0 radical (unpaired) electrons. The van der Waals surface area contributed by atoms with Crippen LogP contribution in [-0.4, -0.2) is 32.6 Å². The Hall–Kier alpha value is -3.42. The van der Waals surface area contributed by atoms with Gasteiger partial charge in [0.05, 0.1) is 24.8 Å². The Morgan fingerprint density at radius 1 is 1.06 bits per heavy atom. The Labute approximate surface area is 207 Å². The van der Waals surface area contributed by atoms with Crippen molar-refractivity contribution < 1.29 is 19.1 Å². The number of hydrogen-bond donors (Lipinski definition) is 2. The predicted octanol–water partition coefficient (Wildman–Crippen LogP) is 5.42. The van der Waals surface area contributed by atoms with Gasteiger partial charge < -0.3 is 20.1 Å². The van der Waals surface area contributed by atoms with Crippen LogP contribution in [0, 0.1) is 0 Å². The minimum atomic E-state index is -0.219. The van der Waals surface area contributed by atoms with E-state index in [1.807, 2.05) is 36.4 Å². The highest BCUT2D eigenvalue weighted by atomic mass is 35.5. The third kappa shape index (κ3) is 5.55. The summed E-state index contributed by atoms with van der Waals surface area (Å²) in [5.74, 6) is 0.888. The number of carbonyl (C=O) groups is 2. The number of hydrogen-bond acceptors (Lipinski definition) is 5. The summed E-state index contributed by atoms with van der Waals surface area (Å²) < 4.78 is 10.6. The number of amides is 2. The van der Waals surface area contributed by atoms with E-state index in [1.54, 1.807) is 44.6 Å². The molecule has 1 aliphatic rings. The average molecular weight is 495 g/mol. The highest BCUT2D eigenvalue weighted by molar-refractivity contribution is 8.04.